The first kappa shape index (κ1) is 22.0. The van der Waals surface area contributed by atoms with Gasteiger partial charge < -0.3 is 28.0 Å². The van der Waals surface area contributed by atoms with Gasteiger partial charge in [0.05, 0.1) is 6.04 Å². The van der Waals surface area contributed by atoms with Gasteiger partial charge in [0.2, 0.25) is 11.4 Å². The number of carbonyl (C=O) groups is 2. The third kappa shape index (κ3) is 5.14. The molecule has 2 heterocycles. The number of rotatable bonds is 10. The Hall–Kier alpha value is -2.33. The number of aromatic nitrogens is 2. The predicted molar refractivity (Wildman–Crippen MR) is 105 cm³/mol. The summed E-state index contributed by atoms with van der Waals surface area (Å²) in [4.78, 5) is 25.4. The molecule has 0 aliphatic carbocycles. The third-order valence-corrected chi connectivity index (χ3v) is 4.75. The van der Waals surface area contributed by atoms with E-state index in [0.29, 0.717) is 37.0 Å². The molecule has 9 nitrogen and oxygen atoms in total. The summed E-state index contributed by atoms with van der Waals surface area (Å²) in [5.41, 5.74) is 23.7. The zero-order valence-corrected chi connectivity index (χ0v) is 16.0. The largest absolute Gasteiger partial charge is 0.868 e. The molecule has 2 unspecified atom stereocenters. The minimum absolute atomic E-state index is 0.330. The van der Waals surface area contributed by atoms with Crippen molar-refractivity contribution in [2.24, 2.45) is 22.9 Å². The van der Waals surface area contributed by atoms with E-state index in [4.69, 9.17) is 22.9 Å². The zero-order chi connectivity index (χ0) is 20.7. The van der Waals surface area contributed by atoms with E-state index in [1.165, 1.54) is 27.6 Å². The molecule has 0 amide bonds. The SMILES string of the molecule is NCCCCC(N)C(=O)n1ccc2c1cc([O-])c[n+]2C(=O)C(N)CCCCN. The maximum atomic E-state index is 12.7. The van der Waals surface area contributed by atoms with Crippen molar-refractivity contribution in [3.05, 3.63) is 24.5 Å². The van der Waals surface area contributed by atoms with E-state index in [9.17, 15) is 14.7 Å². The molecule has 8 N–H and O–H groups in total. The normalized spacial score (nSPS) is 13.6. The molecule has 0 fully saturated rings. The standard InChI is InChI=1S/C19H30N6O3/c20-8-3-1-5-14(22)18(27)24-10-7-16-17(24)11-13(26)12-25(16)19(28)15(23)6-2-4-9-21/h7,10-12,14-15H,1-6,8-9,20-23H2. The van der Waals surface area contributed by atoms with Crippen LogP contribution in [0.1, 0.15) is 48.1 Å². The molecule has 0 aromatic carbocycles. The van der Waals surface area contributed by atoms with Crippen LogP contribution in [0.3, 0.4) is 0 Å². The molecule has 2 aromatic heterocycles. The number of nitrogens with zero attached hydrogens (tertiary/aromatic N) is 2. The fourth-order valence-corrected chi connectivity index (χ4v) is 3.15. The third-order valence-electron chi connectivity index (χ3n) is 4.75. The van der Waals surface area contributed by atoms with Gasteiger partial charge in [-0.05, 0) is 57.0 Å². The highest BCUT2D eigenvalue weighted by molar-refractivity contribution is 5.94. The summed E-state index contributed by atoms with van der Waals surface area (Å²) < 4.78 is 2.56. The first-order valence-corrected chi connectivity index (χ1v) is 9.64. The number of carbonyl (C=O) groups excluding carboxylic acids is 2. The molecule has 0 bridgehead atoms. The van der Waals surface area contributed by atoms with Crippen molar-refractivity contribution in [2.75, 3.05) is 13.1 Å². The van der Waals surface area contributed by atoms with Crippen LogP contribution in [-0.4, -0.2) is 41.6 Å². The highest BCUT2D eigenvalue weighted by atomic mass is 16.3. The van der Waals surface area contributed by atoms with Crippen molar-refractivity contribution in [3.8, 4) is 5.75 Å². The van der Waals surface area contributed by atoms with Crippen molar-refractivity contribution >= 4 is 22.8 Å². The quantitative estimate of drug-likeness (QED) is 0.304. The fraction of sp³-hybridized carbons (Fsp3) is 0.526. The Morgan fingerprint density at radius 2 is 1.64 bits per heavy atom. The smallest absolute Gasteiger partial charge is 0.409 e. The maximum Gasteiger partial charge on any atom is 0.409 e. The van der Waals surface area contributed by atoms with Crippen molar-refractivity contribution in [1.29, 1.82) is 0 Å². The van der Waals surface area contributed by atoms with Crippen LogP contribution in [0, 0.1) is 0 Å². The molecule has 9 heteroatoms. The number of nitrogens with two attached hydrogens (primary N) is 4. The van der Waals surface area contributed by atoms with Gasteiger partial charge in [-0.2, -0.15) is 0 Å². The summed E-state index contributed by atoms with van der Waals surface area (Å²) in [6.45, 7) is 1.07. The van der Waals surface area contributed by atoms with Gasteiger partial charge in [0.25, 0.3) is 0 Å². The lowest BCUT2D eigenvalue weighted by molar-refractivity contribution is -0.551. The second kappa shape index (κ2) is 10.3. The number of hydrogen-bond donors (Lipinski definition) is 4. The second-order valence-corrected chi connectivity index (χ2v) is 6.96. The molecule has 0 aliphatic heterocycles. The van der Waals surface area contributed by atoms with E-state index in [1.54, 1.807) is 6.07 Å². The van der Waals surface area contributed by atoms with E-state index in [1.807, 2.05) is 0 Å². The van der Waals surface area contributed by atoms with Gasteiger partial charge in [-0.25, -0.2) is 4.79 Å². The highest BCUT2D eigenvalue weighted by Gasteiger charge is 2.28. The van der Waals surface area contributed by atoms with E-state index < -0.39 is 18.0 Å². The maximum absolute atomic E-state index is 12.7. The lowest BCUT2D eigenvalue weighted by atomic mass is 10.1. The minimum Gasteiger partial charge on any atom is -0.868 e. The molecule has 2 aromatic rings. The van der Waals surface area contributed by atoms with E-state index in [0.717, 1.165) is 25.7 Å². The van der Waals surface area contributed by atoms with Crippen molar-refractivity contribution in [2.45, 2.75) is 50.6 Å². The van der Waals surface area contributed by atoms with Crippen LogP contribution in [-0.2, 0) is 0 Å². The molecular weight excluding hydrogens is 360 g/mol. The summed E-state index contributed by atoms with van der Waals surface area (Å²) >= 11 is 0. The minimum atomic E-state index is -0.751. The monoisotopic (exact) mass is 390 g/mol. The highest BCUT2D eigenvalue weighted by Crippen LogP contribution is 2.17. The molecule has 28 heavy (non-hydrogen) atoms. The molecule has 2 atom stereocenters. The summed E-state index contributed by atoms with van der Waals surface area (Å²) in [6.07, 6.45) is 6.72. The molecule has 0 saturated carbocycles. The summed E-state index contributed by atoms with van der Waals surface area (Å²) in [7, 11) is 0. The zero-order valence-electron chi connectivity index (χ0n) is 16.0. The van der Waals surface area contributed by atoms with Crippen LogP contribution in [0.4, 0.5) is 0 Å². The number of fused-ring (bicyclic) bond motifs is 1. The van der Waals surface area contributed by atoms with Gasteiger partial charge >= 0.3 is 5.91 Å². The van der Waals surface area contributed by atoms with E-state index >= 15 is 0 Å². The van der Waals surface area contributed by atoms with Crippen LogP contribution < -0.4 is 32.6 Å². The summed E-state index contributed by atoms with van der Waals surface area (Å²) in [6, 6.07) is 1.48. The van der Waals surface area contributed by atoms with Crippen molar-refractivity contribution in [3.63, 3.8) is 0 Å². The van der Waals surface area contributed by atoms with Gasteiger partial charge in [0.15, 0.2) is 6.20 Å². The van der Waals surface area contributed by atoms with E-state index in [2.05, 4.69) is 0 Å². The first-order chi connectivity index (χ1) is 13.4. The molecular formula is C19H30N6O3. The summed E-state index contributed by atoms with van der Waals surface area (Å²) in [5, 5.41) is 12.1. The Bertz CT molecular complexity index is 819. The second-order valence-electron chi connectivity index (χ2n) is 6.96. The number of unbranched alkanes of at least 4 members (excludes halogenated alkanes) is 2. The Morgan fingerprint density at radius 1 is 1.04 bits per heavy atom. The predicted octanol–water partition coefficient (Wildman–Crippen LogP) is -0.805. The molecule has 0 spiro atoms. The Balaban J connectivity index is 2.29. The van der Waals surface area contributed by atoms with Crippen molar-refractivity contribution < 1.29 is 19.3 Å². The molecule has 0 radical (unpaired) electrons. The topological polar surface area (TPSA) is 170 Å². The first-order valence-electron chi connectivity index (χ1n) is 9.64. The average Bonchev–Trinajstić information content (AvgIpc) is 3.09. The lowest BCUT2D eigenvalue weighted by Crippen LogP contribution is -2.52. The van der Waals surface area contributed by atoms with Gasteiger partial charge in [0, 0.05) is 12.3 Å². The Kier molecular flexibility index (Phi) is 8.06. The molecule has 0 aliphatic rings. The fourth-order valence-electron chi connectivity index (χ4n) is 3.15. The summed E-state index contributed by atoms with van der Waals surface area (Å²) in [5.74, 6) is -1.11. The van der Waals surface area contributed by atoms with Crippen LogP contribution >= 0.6 is 0 Å². The van der Waals surface area contributed by atoms with Crippen LogP contribution in [0.25, 0.3) is 11.0 Å². The number of pyridine rings is 1. The average molecular weight is 390 g/mol. The number of hydrogen-bond acceptors (Lipinski definition) is 7. The van der Waals surface area contributed by atoms with Gasteiger partial charge in [-0.15, -0.1) is 4.57 Å². The van der Waals surface area contributed by atoms with Gasteiger partial charge in [-0.3, -0.25) is 9.36 Å². The van der Waals surface area contributed by atoms with Gasteiger partial charge in [0.1, 0.15) is 11.6 Å². The van der Waals surface area contributed by atoms with Crippen LogP contribution in [0.2, 0.25) is 0 Å². The van der Waals surface area contributed by atoms with Crippen molar-refractivity contribution in [1.82, 2.24) is 4.57 Å². The molecule has 0 saturated heterocycles. The van der Waals surface area contributed by atoms with E-state index in [-0.39, 0.29) is 11.7 Å². The van der Waals surface area contributed by atoms with Gasteiger partial charge in [-0.1, -0.05) is 6.42 Å². The van der Waals surface area contributed by atoms with Crippen LogP contribution in [0.5, 0.6) is 5.75 Å². The Labute approximate surface area is 164 Å². The Morgan fingerprint density at radius 3 is 2.25 bits per heavy atom. The lowest BCUT2D eigenvalue weighted by Gasteiger charge is -2.13. The molecule has 154 valence electrons. The van der Waals surface area contributed by atoms with Crippen LogP contribution in [0.15, 0.2) is 24.5 Å². The molecule has 2 rings (SSSR count).